The first kappa shape index (κ1) is 13.6. The summed E-state index contributed by atoms with van der Waals surface area (Å²) in [6.07, 6.45) is 2.76. The van der Waals surface area contributed by atoms with Crippen LogP contribution in [0.15, 0.2) is 23.2 Å². The van der Waals surface area contributed by atoms with Crippen molar-refractivity contribution in [2.75, 3.05) is 27.2 Å². The van der Waals surface area contributed by atoms with Gasteiger partial charge in [0.25, 0.3) is 0 Å². The van der Waals surface area contributed by atoms with Gasteiger partial charge in [0.2, 0.25) is 6.08 Å². The van der Waals surface area contributed by atoms with Crippen molar-refractivity contribution in [3.05, 3.63) is 23.8 Å². The number of likely N-dealkylation sites (tertiary alicyclic amines) is 1. The molecule has 1 aromatic rings. The van der Waals surface area contributed by atoms with Gasteiger partial charge in [-0.25, -0.2) is 9.79 Å². The highest BCUT2D eigenvalue weighted by Gasteiger charge is 2.22. The van der Waals surface area contributed by atoms with Crippen molar-refractivity contribution >= 4 is 6.08 Å². The maximum Gasteiger partial charge on any atom is 0.235 e. The number of ether oxygens (including phenoxy) is 2. The molecule has 5 nitrogen and oxygen atoms in total. The van der Waals surface area contributed by atoms with Crippen molar-refractivity contribution < 1.29 is 14.3 Å². The van der Waals surface area contributed by atoms with Gasteiger partial charge in [-0.3, -0.25) is 0 Å². The molecule has 1 heterocycles. The maximum atomic E-state index is 10.1. The Hall–Kier alpha value is -1.84. The number of aliphatic imine (C=N–C) groups is 1. The van der Waals surface area contributed by atoms with Gasteiger partial charge in [-0.15, -0.1) is 0 Å². The lowest BCUT2D eigenvalue weighted by Crippen LogP contribution is -2.21. The molecule has 0 aliphatic carbocycles. The van der Waals surface area contributed by atoms with Crippen LogP contribution in [-0.4, -0.2) is 44.3 Å². The Balaban J connectivity index is 2.09. The van der Waals surface area contributed by atoms with Crippen molar-refractivity contribution in [1.82, 2.24) is 4.90 Å². The Bertz CT molecular complexity index is 484. The van der Waals surface area contributed by atoms with Gasteiger partial charge in [-0.05, 0) is 31.2 Å². The molecule has 5 heteroatoms. The first-order chi connectivity index (χ1) is 9.22. The zero-order chi connectivity index (χ0) is 13.7. The smallest absolute Gasteiger partial charge is 0.235 e. The van der Waals surface area contributed by atoms with Gasteiger partial charge in [0.1, 0.15) is 6.10 Å². The van der Waals surface area contributed by atoms with Crippen LogP contribution in [0.5, 0.6) is 11.5 Å². The number of isocyanates is 1. The number of hydrogen-bond acceptors (Lipinski definition) is 5. The summed E-state index contributed by atoms with van der Waals surface area (Å²) in [5.74, 6) is 1.41. The second-order valence-corrected chi connectivity index (χ2v) is 4.68. The second kappa shape index (κ2) is 6.36. The predicted octanol–water partition coefficient (Wildman–Crippen LogP) is 1.61. The molecule has 0 radical (unpaired) electrons. The van der Waals surface area contributed by atoms with Gasteiger partial charge in [0.15, 0.2) is 11.5 Å². The SMILES string of the molecule is COc1cc(CN=C=O)ccc1OC1CCN(C)C1. The predicted molar refractivity (Wildman–Crippen MR) is 71.3 cm³/mol. The Morgan fingerprint density at radius 3 is 2.95 bits per heavy atom. The van der Waals surface area contributed by atoms with Crippen LogP contribution in [0.1, 0.15) is 12.0 Å². The maximum absolute atomic E-state index is 10.1. The van der Waals surface area contributed by atoms with E-state index in [-0.39, 0.29) is 6.10 Å². The van der Waals surface area contributed by atoms with Crippen LogP contribution in [0.2, 0.25) is 0 Å². The summed E-state index contributed by atoms with van der Waals surface area (Å²) in [6, 6.07) is 5.60. The van der Waals surface area contributed by atoms with Gasteiger partial charge in [0, 0.05) is 13.1 Å². The highest BCUT2D eigenvalue weighted by atomic mass is 16.5. The fourth-order valence-corrected chi connectivity index (χ4v) is 2.20. The average Bonchev–Trinajstić information content (AvgIpc) is 2.83. The van der Waals surface area contributed by atoms with E-state index in [1.54, 1.807) is 7.11 Å². The van der Waals surface area contributed by atoms with E-state index in [9.17, 15) is 4.79 Å². The molecule has 1 aliphatic rings. The van der Waals surface area contributed by atoms with E-state index in [0.29, 0.717) is 12.3 Å². The standard InChI is InChI=1S/C14H18N2O3/c1-16-6-5-12(9-16)19-13-4-3-11(8-15-10-17)7-14(13)18-2/h3-4,7,12H,5-6,8-9H2,1-2H3. The first-order valence-corrected chi connectivity index (χ1v) is 6.28. The number of hydrogen-bond donors (Lipinski definition) is 0. The molecule has 0 aromatic heterocycles. The number of carbonyl (C=O) groups excluding carboxylic acids is 1. The quantitative estimate of drug-likeness (QED) is 0.597. The minimum atomic E-state index is 0.206. The molecule has 1 atom stereocenters. The van der Waals surface area contributed by atoms with Crippen molar-refractivity contribution in [2.24, 2.45) is 4.99 Å². The highest BCUT2D eigenvalue weighted by molar-refractivity contribution is 5.43. The van der Waals surface area contributed by atoms with Gasteiger partial charge < -0.3 is 14.4 Å². The lowest BCUT2D eigenvalue weighted by atomic mass is 10.2. The molecule has 102 valence electrons. The summed E-state index contributed by atoms with van der Waals surface area (Å²) in [5.41, 5.74) is 0.899. The first-order valence-electron chi connectivity index (χ1n) is 6.28. The zero-order valence-corrected chi connectivity index (χ0v) is 11.3. The summed E-state index contributed by atoms with van der Waals surface area (Å²) < 4.78 is 11.3. The molecule has 19 heavy (non-hydrogen) atoms. The second-order valence-electron chi connectivity index (χ2n) is 4.68. The molecule has 0 bridgehead atoms. The highest BCUT2D eigenvalue weighted by Crippen LogP contribution is 2.30. The van der Waals surface area contributed by atoms with E-state index in [1.807, 2.05) is 18.2 Å². The van der Waals surface area contributed by atoms with Gasteiger partial charge in [-0.2, -0.15) is 0 Å². The van der Waals surface area contributed by atoms with Crippen LogP contribution < -0.4 is 9.47 Å². The van der Waals surface area contributed by atoms with E-state index in [1.165, 1.54) is 6.08 Å². The van der Waals surface area contributed by atoms with E-state index in [0.717, 1.165) is 30.8 Å². The summed E-state index contributed by atoms with van der Waals surface area (Å²) in [4.78, 5) is 15.9. The van der Waals surface area contributed by atoms with Gasteiger partial charge in [0.05, 0.1) is 13.7 Å². The van der Waals surface area contributed by atoms with Gasteiger partial charge >= 0.3 is 0 Å². The van der Waals surface area contributed by atoms with Crippen molar-refractivity contribution in [3.8, 4) is 11.5 Å². The molecular weight excluding hydrogens is 244 g/mol. The Labute approximate surface area is 112 Å². The number of methoxy groups -OCH3 is 1. The van der Waals surface area contributed by atoms with Crippen LogP contribution in [0.25, 0.3) is 0 Å². The summed E-state index contributed by atoms with van der Waals surface area (Å²) in [5, 5.41) is 0. The van der Waals surface area contributed by atoms with Crippen LogP contribution in [-0.2, 0) is 11.3 Å². The summed E-state index contributed by atoms with van der Waals surface area (Å²) in [7, 11) is 3.69. The fourth-order valence-electron chi connectivity index (χ4n) is 2.20. The Kier molecular flexibility index (Phi) is 4.55. The number of nitrogens with zero attached hydrogens (tertiary/aromatic N) is 2. The van der Waals surface area contributed by atoms with Crippen LogP contribution in [0, 0.1) is 0 Å². The zero-order valence-electron chi connectivity index (χ0n) is 11.3. The molecule has 1 fully saturated rings. The normalized spacial score (nSPS) is 18.9. The van der Waals surface area contributed by atoms with E-state index < -0.39 is 0 Å². The van der Waals surface area contributed by atoms with Crippen LogP contribution >= 0.6 is 0 Å². The van der Waals surface area contributed by atoms with Gasteiger partial charge in [-0.1, -0.05) is 6.07 Å². The topological polar surface area (TPSA) is 51.1 Å². The minimum Gasteiger partial charge on any atom is -0.493 e. The van der Waals surface area contributed by atoms with Crippen molar-refractivity contribution in [1.29, 1.82) is 0 Å². The van der Waals surface area contributed by atoms with Crippen molar-refractivity contribution in [3.63, 3.8) is 0 Å². The molecule has 1 aliphatic heterocycles. The molecule has 2 rings (SSSR count). The Morgan fingerprint density at radius 2 is 2.32 bits per heavy atom. The molecule has 1 saturated heterocycles. The number of likely N-dealkylation sites (N-methyl/N-ethyl adjacent to an activating group) is 1. The third-order valence-electron chi connectivity index (χ3n) is 3.20. The summed E-state index contributed by atoms with van der Waals surface area (Å²) in [6.45, 7) is 2.30. The third-order valence-corrected chi connectivity index (χ3v) is 3.20. The molecule has 0 N–H and O–H groups in total. The molecule has 1 unspecified atom stereocenters. The van der Waals surface area contributed by atoms with E-state index >= 15 is 0 Å². The lowest BCUT2D eigenvalue weighted by Gasteiger charge is -2.16. The van der Waals surface area contributed by atoms with E-state index in [4.69, 9.17) is 9.47 Å². The fraction of sp³-hybridized carbons (Fsp3) is 0.500. The number of benzene rings is 1. The molecule has 1 aromatic carbocycles. The largest absolute Gasteiger partial charge is 0.493 e. The van der Waals surface area contributed by atoms with Crippen molar-refractivity contribution in [2.45, 2.75) is 19.1 Å². The summed E-state index contributed by atoms with van der Waals surface area (Å²) >= 11 is 0. The van der Waals surface area contributed by atoms with Crippen LogP contribution in [0.4, 0.5) is 0 Å². The monoisotopic (exact) mass is 262 g/mol. The Morgan fingerprint density at radius 1 is 1.47 bits per heavy atom. The van der Waals surface area contributed by atoms with E-state index in [2.05, 4.69) is 16.9 Å². The minimum absolute atomic E-state index is 0.206. The molecule has 0 saturated carbocycles. The molecular formula is C14H18N2O3. The number of rotatable bonds is 5. The molecule has 0 amide bonds. The van der Waals surface area contributed by atoms with Crippen LogP contribution in [0.3, 0.4) is 0 Å². The average molecular weight is 262 g/mol. The molecule has 0 spiro atoms. The third kappa shape index (κ3) is 3.56. The lowest BCUT2D eigenvalue weighted by molar-refractivity contribution is 0.199.